The number of thiazole rings is 1. The third-order valence-corrected chi connectivity index (χ3v) is 6.49. The minimum absolute atomic E-state index is 0.138. The van der Waals surface area contributed by atoms with Crippen LogP contribution in [0.25, 0.3) is 11.0 Å². The van der Waals surface area contributed by atoms with Gasteiger partial charge in [0.25, 0.3) is 11.5 Å². The summed E-state index contributed by atoms with van der Waals surface area (Å²) in [6.45, 7) is 6.32. The molecule has 3 aromatic heterocycles. The Balaban J connectivity index is 1.82. The van der Waals surface area contributed by atoms with Crippen molar-refractivity contribution in [1.29, 1.82) is 0 Å². The molecule has 4 rings (SSSR count). The SMILES string of the molecule is CCCc1nc(NC(=O)c2cc(C3CC3)nc3c2c(=O)[nH]c(=O)n3CC)sc1CC. The molecule has 1 aliphatic carbocycles. The third kappa shape index (κ3) is 3.69. The summed E-state index contributed by atoms with van der Waals surface area (Å²) >= 11 is 1.47. The number of hydrogen-bond donors (Lipinski definition) is 2. The first-order valence-corrected chi connectivity index (χ1v) is 11.3. The highest BCUT2D eigenvalue weighted by Gasteiger charge is 2.29. The van der Waals surface area contributed by atoms with Crippen LogP contribution in [-0.2, 0) is 19.4 Å². The van der Waals surface area contributed by atoms with Gasteiger partial charge in [0.2, 0.25) is 0 Å². The molecule has 0 aliphatic heterocycles. The lowest BCUT2D eigenvalue weighted by Crippen LogP contribution is -2.32. The highest BCUT2D eigenvalue weighted by Crippen LogP contribution is 2.40. The third-order valence-electron chi connectivity index (χ3n) is 5.33. The number of pyridine rings is 1. The molecule has 0 spiro atoms. The van der Waals surface area contributed by atoms with Gasteiger partial charge >= 0.3 is 5.69 Å². The smallest absolute Gasteiger partial charge is 0.298 e. The van der Waals surface area contributed by atoms with E-state index in [9.17, 15) is 14.4 Å². The molecule has 9 heteroatoms. The van der Waals surface area contributed by atoms with Crippen molar-refractivity contribution in [2.24, 2.45) is 0 Å². The molecule has 1 fully saturated rings. The molecule has 0 saturated heterocycles. The summed E-state index contributed by atoms with van der Waals surface area (Å²) in [5.41, 5.74) is 1.14. The predicted molar refractivity (Wildman–Crippen MR) is 118 cm³/mol. The number of fused-ring (bicyclic) bond motifs is 1. The van der Waals surface area contributed by atoms with Gasteiger partial charge < -0.3 is 0 Å². The van der Waals surface area contributed by atoms with Crippen LogP contribution in [0.2, 0.25) is 0 Å². The molecule has 3 aromatic rings. The van der Waals surface area contributed by atoms with Crippen molar-refractivity contribution in [3.8, 4) is 0 Å². The number of amides is 1. The molecule has 2 N–H and O–H groups in total. The number of carbonyl (C=O) groups is 1. The Morgan fingerprint density at radius 1 is 1.27 bits per heavy atom. The molecule has 8 nitrogen and oxygen atoms in total. The van der Waals surface area contributed by atoms with Crippen LogP contribution < -0.4 is 16.6 Å². The zero-order chi connectivity index (χ0) is 21.4. The topological polar surface area (TPSA) is 110 Å². The Labute approximate surface area is 177 Å². The minimum Gasteiger partial charge on any atom is -0.298 e. The summed E-state index contributed by atoms with van der Waals surface area (Å²) in [4.78, 5) is 50.7. The normalized spacial score (nSPS) is 13.7. The minimum atomic E-state index is -0.597. The van der Waals surface area contributed by atoms with Gasteiger partial charge in [-0.25, -0.2) is 14.8 Å². The summed E-state index contributed by atoms with van der Waals surface area (Å²) in [5.74, 6) is -0.140. The van der Waals surface area contributed by atoms with E-state index >= 15 is 0 Å². The average Bonchev–Trinajstić information content (AvgIpc) is 3.50. The van der Waals surface area contributed by atoms with Crippen molar-refractivity contribution in [1.82, 2.24) is 19.5 Å². The van der Waals surface area contributed by atoms with Crippen molar-refractivity contribution >= 4 is 33.4 Å². The number of aromatic amines is 1. The molecule has 0 bridgehead atoms. The molecule has 1 aliphatic rings. The van der Waals surface area contributed by atoms with Crippen LogP contribution in [-0.4, -0.2) is 25.4 Å². The largest absolute Gasteiger partial charge is 0.329 e. The van der Waals surface area contributed by atoms with Crippen LogP contribution in [0.1, 0.15) is 72.6 Å². The number of hydrogen-bond acceptors (Lipinski definition) is 6. The van der Waals surface area contributed by atoms with Crippen LogP contribution in [0.3, 0.4) is 0 Å². The summed E-state index contributed by atoms with van der Waals surface area (Å²) in [7, 11) is 0. The lowest BCUT2D eigenvalue weighted by atomic mass is 10.1. The molecule has 158 valence electrons. The van der Waals surface area contributed by atoms with Crippen molar-refractivity contribution < 1.29 is 4.79 Å². The van der Waals surface area contributed by atoms with Gasteiger partial charge in [-0.1, -0.05) is 20.3 Å². The number of aryl methyl sites for hydroxylation is 3. The van der Waals surface area contributed by atoms with E-state index in [4.69, 9.17) is 0 Å². The zero-order valence-corrected chi connectivity index (χ0v) is 18.2. The molecule has 1 saturated carbocycles. The number of aromatic nitrogens is 4. The number of nitrogens with zero attached hydrogens (tertiary/aromatic N) is 3. The Morgan fingerprint density at radius 2 is 2.03 bits per heavy atom. The fourth-order valence-corrected chi connectivity index (χ4v) is 4.61. The number of nitrogens with one attached hydrogen (secondary N) is 2. The van der Waals surface area contributed by atoms with Gasteiger partial charge in [0, 0.05) is 23.0 Å². The van der Waals surface area contributed by atoms with Crippen molar-refractivity contribution in [3.63, 3.8) is 0 Å². The van der Waals surface area contributed by atoms with E-state index in [1.807, 2.05) is 6.92 Å². The lowest BCUT2D eigenvalue weighted by molar-refractivity contribution is 0.102. The fourth-order valence-electron chi connectivity index (χ4n) is 3.66. The Kier molecular flexibility index (Phi) is 5.55. The first-order valence-electron chi connectivity index (χ1n) is 10.4. The second kappa shape index (κ2) is 8.14. The van der Waals surface area contributed by atoms with E-state index in [0.29, 0.717) is 11.7 Å². The van der Waals surface area contributed by atoms with E-state index in [1.165, 1.54) is 15.9 Å². The molecule has 0 unspecified atom stereocenters. The molecular formula is C21H25N5O3S. The van der Waals surface area contributed by atoms with Gasteiger partial charge in [-0.05, 0) is 38.7 Å². The van der Waals surface area contributed by atoms with Gasteiger partial charge in [0.05, 0.1) is 16.6 Å². The number of rotatable bonds is 7. The van der Waals surface area contributed by atoms with Gasteiger partial charge in [0.1, 0.15) is 0 Å². The maximum Gasteiger partial charge on any atom is 0.329 e. The zero-order valence-electron chi connectivity index (χ0n) is 17.4. The molecule has 0 aromatic carbocycles. The summed E-state index contributed by atoms with van der Waals surface area (Å²) in [6, 6.07) is 1.69. The lowest BCUT2D eigenvalue weighted by Gasteiger charge is -2.11. The van der Waals surface area contributed by atoms with Gasteiger partial charge in [-0.15, -0.1) is 11.3 Å². The van der Waals surface area contributed by atoms with E-state index in [1.54, 1.807) is 6.07 Å². The maximum atomic E-state index is 13.2. The molecular weight excluding hydrogens is 402 g/mol. The highest BCUT2D eigenvalue weighted by molar-refractivity contribution is 7.15. The van der Waals surface area contributed by atoms with Gasteiger partial charge in [0.15, 0.2) is 10.8 Å². The summed E-state index contributed by atoms with van der Waals surface area (Å²) < 4.78 is 1.40. The Hall–Kier alpha value is -2.81. The van der Waals surface area contributed by atoms with Gasteiger partial charge in [-0.2, -0.15) is 0 Å². The van der Waals surface area contributed by atoms with E-state index in [2.05, 4.69) is 34.1 Å². The maximum absolute atomic E-state index is 13.2. The van der Waals surface area contributed by atoms with E-state index in [0.717, 1.165) is 48.4 Å². The monoisotopic (exact) mass is 427 g/mol. The standard InChI is InChI=1S/C21H25N5O3S/c1-4-7-13-15(5-2)30-20(23-13)24-18(27)12-10-14(11-8-9-11)22-17-16(12)19(28)25-21(29)26(17)6-3/h10-11H,4-9H2,1-3H3,(H,23,24,27)(H,25,28,29). The van der Waals surface area contributed by atoms with Crippen LogP contribution in [0.15, 0.2) is 15.7 Å². The molecule has 3 heterocycles. The van der Waals surface area contributed by atoms with Crippen LogP contribution in [0.5, 0.6) is 0 Å². The first-order chi connectivity index (χ1) is 14.5. The predicted octanol–water partition coefficient (Wildman–Crippen LogP) is 3.21. The molecule has 0 radical (unpaired) electrons. The molecule has 30 heavy (non-hydrogen) atoms. The van der Waals surface area contributed by atoms with Crippen molar-refractivity contribution in [2.75, 3.05) is 5.32 Å². The van der Waals surface area contributed by atoms with E-state index < -0.39 is 17.2 Å². The van der Waals surface area contributed by atoms with Crippen molar-refractivity contribution in [3.05, 3.63) is 48.7 Å². The molecule has 1 amide bonds. The van der Waals surface area contributed by atoms with E-state index in [-0.39, 0.29) is 22.5 Å². The summed E-state index contributed by atoms with van der Waals surface area (Å²) in [5, 5.41) is 3.53. The summed E-state index contributed by atoms with van der Waals surface area (Å²) in [6.07, 6.45) is 4.68. The number of carbonyl (C=O) groups excluding carboxylic acids is 1. The highest BCUT2D eigenvalue weighted by atomic mass is 32.1. The number of H-pyrrole nitrogens is 1. The van der Waals surface area contributed by atoms with Gasteiger partial charge in [-0.3, -0.25) is 24.5 Å². The first kappa shape index (κ1) is 20.5. The van der Waals surface area contributed by atoms with Crippen LogP contribution in [0, 0.1) is 0 Å². The fraction of sp³-hybridized carbons (Fsp3) is 0.476. The van der Waals surface area contributed by atoms with Crippen molar-refractivity contribution in [2.45, 2.75) is 65.3 Å². The second-order valence-corrected chi connectivity index (χ2v) is 8.60. The number of anilines is 1. The quantitative estimate of drug-likeness (QED) is 0.602. The average molecular weight is 428 g/mol. The second-order valence-electron chi connectivity index (χ2n) is 7.52. The molecule has 0 atom stereocenters. The Morgan fingerprint density at radius 3 is 2.67 bits per heavy atom. The Bertz CT molecular complexity index is 1240. The van der Waals surface area contributed by atoms with Crippen LogP contribution >= 0.6 is 11.3 Å². The van der Waals surface area contributed by atoms with Crippen LogP contribution in [0.4, 0.5) is 5.13 Å².